The maximum Gasteiger partial charge on any atom is 0.306 e. The maximum absolute atomic E-state index is 12.9. The van der Waals surface area contributed by atoms with Gasteiger partial charge in [0.15, 0.2) is 6.10 Å². The average molecular weight is 1040 g/mol. The molecule has 0 aliphatic rings. The minimum Gasteiger partial charge on any atom is -0.462 e. The molecule has 1 unspecified atom stereocenters. The summed E-state index contributed by atoms with van der Waals surface area (Å²) in [4.78, 5) is 38.3. The lowest BCUT2D eigenvalue weighted by molar-refractivity contribution is -0.167. The van der Waals surface area contributed by atoms with Gasteiger partial charge in [0.1, 0.15) is 13.2 Å². The molecule has 74 heavy (non-hydrogen) atoms. The molecule has 0 aliphatic heterocycles. The third-order valence-electron chi connectivity index (χ3n) is 14.2. The molecular weight excluding hydrogens is 913 g/mol. The van der Waals surface area contributed by atoms with Gasteiger partial charge in [-0.2, -0.15) is 0 Å². The Morgan fingerprint density at radius 1 is 0.270 bits per heavy atom. The van der Waals surface area contributed by atoms with Crippen molar-refractivity contribution in [2.75, 3.05) is 13.2 Å². The Morgan fingerprint density at radius 3 is 0.757 bits per heavy atom. The van der Waals surface area contributed by atoms with Gasteiger partial charge in [-0.15, -0.1) is 0 Å². The highest BCUT2D eigenvalue weighted by molar-refractivity contribution is 5.71. The predicted molar refractivity (Wildman–Crippen MR) is 321 cm³/mol. The molecule has 0 bridgehead atoms. The van der Waals surface area contributed by atoms with Crippen LogP contribution in [0.15, 0.2) is 60.8 Å². The van der Waals surface area contributed by atoms with Crippen LogP contribution in [0.4, 0.5) is 0 Å². The first-order valence-electron chi connectivity index (χ1n) is 32.3. The summed E-state index contributed by atoms with van der Waals surface area (Å²) < 4.78 is 16.9. The molecule has 6 heteroatoms. The lowest BCUT2D eigenvalue weighted by Crippen LogP contribution is -2.30. The van der Waals surface area contributed by atoms with E-state index >= 15 is 0 Å². The highest BCUT2D eigenvalue weighted by Crippen LogP contribution is 2.16. The van der Waals surface area contributed by atoms with E-state index in [0.717, 1.165) is 83.5 Å². The summed E-state index contributed by atoms with van der Waals surface area (Å²) in [6.45, 7) is 6.65. The molecule has 0 saturated carbocycles. The Hall–Kier alpha value is -2.89. The molecule has 0 aromatic carbocycles. The van der Waals surface area contributed by atoms with Crippen LogP contribution in [0.25, 0.3) is 0 Å². The van der Waals surface area contributed by atoms with Crippen LogP contribution in [-0.2, 0) is 28.6 Å². The summed E-state index contributed by atoms with van der Waals surface area (Å²) in [5.41, 5.74) is 0. The topological polar surface area (TPSA) is 78.9 Å². The second-order valence-corrected chi connectivity index (χ2v) is 21.7. The Kier molecular flexibility index (Phi) is 60.2. The molecule has 0 radical (unpaired) electrons. The van der Waals surface area contributed by atoms with Crippen LogP contribution in [0.3, 0.4) is 0 Å². The van der Waals surface area contributed by atoms with Crippen LogP contribution >= 0.6 is 0 Å². The number of unbranched alkanes of at least 4 members (excludes halogenated alkanes) is 38. The van der Waals surface area contributed by atoms with E-state index < -0.39 is 6.10 Å². The van der Waals surface area contributed by atoms with Crippen LogP contribution in [0.2, 0.25) is 0 Å². The monoisotopic (exact) mass is 1030 g/mol. The van der Waals surface area contributed by atoms with Crippen molar-refractivity contribution in [3.05, 3.63) is 60.8 Å². The standard InChI is InChI=1S/C68H122O6/c1-4-7-10-13-16-19-22-25-27-29-31-33-34-36-37-39-41-43-46-49-52-55-58-61-67(70)73-64-65(63-72-66(69)60-57-54-51-48-45-24-21-18-15-12-9-6-3)74-68(71)62-59-56-53-50-47-44-42-40-38-35-32-30-28-26-23-20-17-14-11-8-5-2/h22-23,25-26,29-32,34,36,65H,4-21,24,27-28,33,35,37-64H2,1-3H3/b25-22-,26-23-,31-29-,32-30-,36-34-. The van der Waals surface area contributed by atoms with E-state index in [1.165, 1.54) is 212 Å². The lowest BCUT2D eigenvalue weighted by atomic mass is 10.0. The van der Waals surface area contributed by atoms with Gasteiger partial charge in [-0.3, -0.25) is 14.4 Å². The summed E-state index contributed by atoms with van der Waals surface area (Å²) >= 11 is 0. The summed E-state index contributed by atoms with van der Waals surface area (Å²) in [6.07, 6.45) is 79.3. The number of carbonyl (C=O) groups is 3. The van der Waals surface area contributed by atoms with E-state index in [9.17, 15) is 14.4 Å². The van der Waals surface area contributed by atoms with E-state index in [0.29, 0.717) is 19.3 Å². The first kappa shape index (κ1) is 71.1. The van der Waals surface area contributed by atoms with Gasteiger partial charge in [0.2, 0.25) is 0 Å². The number of allylic oxidation sites excluding steroid dienone is 10. The quantitative estimate of drug-likeness (QED) is 0.0261. The number of rotatable bonds is 59. The summed E-state index contributed by atoms with van der Waals surface area (Å²) in [6, 6.07) is 0. The van der Waals surface area contributed by atoms with Crippen LogP contribution in [0, 0.1) is 0 Å². The molecule has 0 heterocycles. The van der Waals surface area contributed by atoms with E-state index in [-0.39, 0.29) is 31.1 Å². The zero-order valence-electron chi connectivity index (χ0n) is 49.4. The van der Waals surface area contributed by atoms with Gasteiger partial charge in [0.25, 0.3) is 0 Å². The third-order valence-corrected chi connectivity index (χ3v) is 14.2. The molecule has 0 spiro atoms. The first-order chi connectivity index (χ1) is 36.5. The summed E-state index contributed by atoms with van der Waals surface area (Å²) in [5, 5.41) is 0. The fourth-order valence-electron chi connectivity index (χ4n) is 9.36. The zero-order chi connectivity index (χ0) is 53.6. The Labute approximate surface area is 460 Å². The Balaban J connectivity index is 4.31. The highest BCUT2D eigenvalue weighted by Gasteiger charge is 2.19. The molecule has 0 aliphatic carbocycles. The van der Waals surface area contributed by atoms with E-state index in [2.05, 4.69) is 81.5 Å². The van der Waals surface area contributed by atoms with E-state index in [1.807, 2.05) is 0 Å². The van der Waals surface area contributed by atoms with Gasteiger partial charge >= 0.3 is 17.9 Å². The van der Waals surface area contributed by atoms with Gasteiger partial charge in [-0.05, 0) is 89.9 Å². The Bertz CT molecular complexity index is 1330. The molecule has 1 atom stereocenters. The molecule has 0 rings (SSSR count). The second-order valence-electron chi connectivity index (χ2n) is 21.7. The number of ether oxygens (including phenoxy) is 3. The SMILES string of the molecule is CCCCCCC/C=C\C/C=C\C/C=C\CCCCCCCCCCC(=O)OCC(COC(=O)CCCCCCCCCCCCCC)OC(=O)CCCCCCCCCCC/C=C\C/C=C\CCCCCCC. The largest absolute Gasteiger partial charge is 0.462 e. The molecule has 0 aromatic heterocycles. The van der Waals surface area contributed by atoms with Crippen LogP contribution in [-0.4, -0.2) is 37.2 Å². The van der Waals surface area contributed by atoms with Gasteiger partial charge in [0.05, 0.1) is 0 Å². The maximum atomic E-state index is 12.9. The van der Waals surface area contributed by atoms with Crippen molar-refractivity contribution in [3.8, 4) is 0 Å². The summed E-state index contributed by atoms with van der Waals surface area (Å²) in [5.74, 6) is -0.870. The minimum atomic E-state index is -0.779. The summed E-state index contributed by atoms with van der Waals surface area (Å²) in [7, 11) is 0. The molecule has 0 N–H and O–H groups in total. The highest BCUT2D eigenvalue weighted by atomic mass is 16.6. The van der Waals surface area contributed by atoms with Crippen molar-refractivity contribution in [2.24, 2.45) is 0 Å². The Morgan fingerprint density at radius 2 is 0.486 bits per heavy atom. The molecule has 0 saturated heterocycles. The van der Waals surface area contributed by atoms with Crippen molar-refractivity contribution in [2.45, 2.75) is 341 Å². The van der Waals surface area contributed by atoms with Crippen molar-refractivity contribution in [1.29, 1.82) is 0 Å². The number of carbonyl (C=O) groups excluding carboxylic acids is 3. The number of esters is 3. The van der Waals surface area contributed by atoms with Gasteiger partial charge in [-0.1, -0.05) is 287 Å². The molecule has 0 fully saturated rings. The third kappa shape index (κ3) is 60.0. The molecule has 0 amide bonds. The normalized spacial score (nSPS) is 12.4. The van der Waals surface area contributed by atoms with Gasteiger partial charge in [0, 0.05) is 19.3 Å². The van der Waals surface area contributed by atoms with Gasteiger partial charge in [-0.25, -0.2) is 0 Å². The number of hydrogen-bond acceptors (Lipinski definition) is 6. The lowest BCUT2D eigenvalue weighted by Gasteiger charge is -2.18. The average Bonchev–Trinajstić information content (AvgIpc) is 3.40. The molecule has 430 valence electrons. The van der Waals surface area contributed by atoms with Crippen molar-refractivity contribution < 1.29 is 28.6 Å². The second kappa shape index (κ2) is 62.6. The molecular formula is C68H122O6. The smallest absolute Gasteiger partial charge is 0.306 e. The van der Waals surface area contributed by atoms with Crippen LogP contribution < -0.4 is 0 Å². The van der Waals surface area contributed by atoms with Crippen LogP contribution in [0.1, 0.15) is 335 Å². The number of hydrogen-bond donors (Lipinski definition) is 0. The minimum absolute atomic E-state index is 0.0753. The van der Waals surface area contributed by atoms with Gasteiger partial charge < -0.3 is 14.2 Å². The van der Waals surface area contributed by atoms with E-state index in [4.69, 9.17) is 14.2 Å². The predicted octanol–water partition coefficient (Wildman–Crippen LogP) is 21.9. The van der Waals surface area contributed by atoms with Crippen molar-refractivity contribution in [1.82, 2.24) is 0 Å². The first-order valence-corrected chi connectivity index (χ1v) is 32.3. The van der Waals surface area contributed by atoms with E-state index in [1.54, 1.807) is 0 Å². The fourth-order valence-corrected chi connectivity index (χ4v) is 9.36. The molecule has 6 nitrogen and oxygen atoms in total. The van der Waals surface area contributed by atoms with Crippen LogP contribution in [0.5, 0.6) is 0 Å². The zero-order valence-corrected chi connectivity index (χ0v) is 49.4. The molecule has 0 aromatic rings. The van der Waals surface area contributed by atoms with Crippen molar-refractivity contribution in [3.63, 3.8) is 0 Å². The van der Waals surface area contributed by atoms with Crippen molar-refractivity contribution >= 4 is 17.9 Å². The fraction of sp³-hybridized carbons (Fsp3) is 0.809.